The highest BCUT2D eigenvalue weighted by atomic mass is 35.5. The second-order valence-corrected chi connectivity index (χ2v) is 6.02. The second kappa shape index (κ2) is 7.22. The van der Waals surface area contributed by atoms with Crippen LogP contribution in [-0.4, -0.2) is 39.4 Å². The van der Waals surface area contributed by atoms with E-state index in [0.717, 1.165) is 24.9 Å². The van der Waals surface area contributed by atoms with Crippen LogP contribution in [0.1, 0.15) is 31.6 Å². The molecule has 6 heteroatoms. The first-order valence-corrected chi connectivity index (χ1v) is 8.08. The largest absolute Gasteiger partial charge is 0.419 e. The first-order chi connectivity index (χ1) is 10.8. The summed E-state index contributed by atoms with van der Waals surface area (Å²) < 4.78 is 5.77. The Balaban J connectivity index is 1.72. The molecule has 1 unspecified atom stereocenters. The number of aliphatic hydroxyl groups excluding tert-OH is 1. The molecule has 2 aromatic rings. The predicted molar refractivity (Wildman–Crippen MR) is 84.5 cm³/mol. The van der Waals surface area contributed by atoms with Gasteiger partial charge in [0.15, 0.2) is 0 Å². The number of piperidine rings is 1. The maximum Gasteiger partial charge on any atom is 0.249 e. The van der Waals surface area contributed by atoms with Gasteiger partial charge in [-0.05, 0) is 37.9 Å². The monoisotopic (exact) mass is 321 g/mol. The third kappa shape index (κ3) is 3.48. The molecule has 0 amide bonds. The van der Waals surface area contributed by atoms with Gasteiger partial charge >= 0.3 is 0 Å². The predicted octanol–water partition coefficient (Wildman–Crippen LogP) is 3.13. The number of hydrogen-bond acceptors (Lipinski definition) is 5. The van der Waals surface area contributed by atoms with Crippen LogP contribution >= 0.6 is 11.6 Å². The fourth-order valence-electron chi connectivity index (χ4n) is 2.98. The molecule has 1 N–H and O–H groups in total. The molecule has 0 radical (unpaired) electrons. The van der Waals surface area contributed by atoms with Crippen LogP contribution in [0.15, 0.2) is 28.7 Å². The highest BCUT2D eigenvalue weighted by Crippen LogP contribution is 2.27. The van der Waals surface area contributed by atoms with E-state index in [2.05, 4.69) is 15.1 Å². The highest BCUT2D eigenvalue weighted by Gasteiger charge is 2.24. The Bertz CT molecular complexity index is 615. The molecule has 1 aliphatic rings. The summed E-state index contributed by atoms with van der Waals surface area (Å²) in [4.78, 5) is 2.32. The summed E-state index contributed by atoms with van der Waals surface area (Å²) in [6, 6.07) is 7.84. The molecule has 2 heterocycles. The minimum absolute atomic E-state index is 0.218. The van der Waals surface area contributed by atoms with Crippen molar-refractivity contribution in [3.05, 3.63) is 35.2 Å². The van der Waals surface area contributed by atoms with Gasteiger partial charge in [0.05, 0.1) is 17.1 Å². The van der Waals surface area contributed by atoms with Gasteiger partial charge < -0.3 is 9.52 Å². The Hall–Kier alpha value is -1.43. The fraction of sp³-hybridized carbons (Fsp3) is 0.500. The summed E-state index contributed by atoms with van der Waals surface area (Å²) in [6.07, 6.45) is 4.31. The molecule has 0 aliphatic carbocycles. The molecule has 1 saturated heterocycles. The van der Waals surface area contributed by atoms with E-state index in [4.69, 9.17) is 16.0 Å². The second-order valence-electron chi connectivity index (χ2n) is 5.61. The average molecular weight is 322 g/mol. The SMILES string of the molecule is OCCC1CCCCN1Cc1nnc(-c2ccccc2Cl)o1. The molecular formula is C16H20ClN3O2. The molecule has 0 spiro atoms. The molecule has 3 rings (SSSR count). The number of aliphatic hydroxyl groups is 1. The van der Waals surface area contributed by atoms with Gasteiger partial charge in [-0.3, -0.25) is 4.90 Å². The highest BCUT2D eigenvalue weighted by molar-refractivity contribution is 6.33. The van der Waals surface area contributed by atoms with Crippen molar-refractivity contribution in [3.63, 3.8) is 0 Å². The molecule has 118 valence electrons. The number of likely N-dealkylation sites (tertiary alicyclic amines) is 1. The summed E-state index contributed by atoms with van der Waals surface area (Å²) in [5.41, 5.74) is 0.758. The van der Waals surface area contributed by atoms with E-state index < -0.39 is 0 Å². The maximum absolute atomic E-state index is 9.19. The zero-order chi connectivity index (χ0) is 15.4. The third-order valence-electron chi connectivity index (χ3n) is 4.12. The number of aromatic nitrogens is 2. The van der Waals surface area contributed by atoms with Gasteiger partial charge in [0.25, 0.3) is 0 Å². The van der Waals surface area contributed by atoms with Gasteiger partial charge in [-0.25, -0.2) is 0 Å². The lowest BCUT2D eigenvalue weighted by molar-refractivity contribution is 0.103. The van der Waals surface area contributed by atoms with E-state index in [9.17, 15) is 5.11 Å². The Kier molecular flexibility index (Phi) is 5.08. The van der Waals surface area contributed by atoms with Crippen molar-refractivity contribution in [2.75, 3.05) is 13.2 Å². The van der Waals surface area contributed by atoms with Crippen LogP contribution in [0.2, 0.25) is 5.02 Å². The van der Waals surface area contributed by atoms with Gasteiger partial charge in [0.1, 0.15) is 0 Å². The minimum atomic E-state index is 0.218. The lowest BCUT2D eigenvalue weighted by Crippen LogP contribution is -2.39. The quantitative estimate of drug-likeness (QED) is 0.916. The molecule has 1 aliphatic heterocycles. The Labute approximate surface area is 134 Å². The van der Waals surface area contributed by atoms with Gasteiger partial charge in [-0.2, -0.15) is 0 Å². The number of halogens is 1. The number of nitrogens with zero attached hydrogens (tertiary/aromatic N) is 3. The number of benzene rings is 1. The van der Waals surface area contributed by atoms with Gasteiger partial charge in [0, 0.05) is 12.6 Å². The van der Waals surface area contributed by atoms with Crippen LogP contribution in [0.4, 0.5) is 0 Å². The fourth-order valence-corrected chi connectivity index (χ4v) is 3.20. The summed E-state index contributed by atoms with van der Waals surface area (Å²) in [5.74, 6) is 1.05. The standard InChI is InChI=1S/C16H20ClN3O2/c17-14-7-2-1-6-13(14)16-19-18-15(22-16)11-20-9-4-3-5-12(20)8-10-21/h1-2,6-7,12,21H,3-5,8-11H2. The van der Waals surface area contributed by atoms with Crippen LogP contribution in [0.3, 0.4) is 0 Å². The maximum atomic E-state index is 9.19. The topological polar surface area (TPSA) is 62.4 Å². The summed E-state index contributed by atoms with van der Waals surface area (Å²) >= 11 is 6.16. The molecule has 1 atom stereocenters. The Morgan fingerprint density at radius 1 is 1.27 bits per heavy atom. The van der Waals surface area contributed by atoms with Crippen LogP contribution in [0.5, 0.6) is 0 Å². The Morgan fingerprint density at radius 2 is 2.14 bits per heavy atom. The third-order valence-corrected chi connectivity index (χ3v) is 4.45. The molecule has 22 heavy (non-hydrogen) atoms. The number of hydrogen-bond donors (Lipinski definition) is 1. The van der Waals surface area contributed by atoms with E-state index in [1.165, 1.54) is 12.8 Å². The average Bonchev–Trinajstić information content (AvgIpc) is 2.98. The zero-order valence-corrected chi connectivity index (χ0v) is 13.2. The van der Waals surface area contributed by atoms with E-state index in [1.807, 2.05) is 24.3 Å². The van der Waals surface area contributed by atoms with Crippen LogP contribution in [-0.2, 0) is 6.54 Å². The summed E-state index contributed by atoms with van der Waals surface area (Å²) in [6.45, 7) is 1.85. The first-order valence-electron chi connectivity index (χ1n) is 7.70. The normalized spacial score (nSPS) is 19.5. The van der Waals surface area contributed by atoms with E-state index in [-0.39, 0.29) is 6.61 Å². The molecule has 5 nitrogen and oxygen atoms in total. The van der Waals surface area contributed by atoms with Crippen molar-refractivity contribution in [2.45, 2.75) is 38.3 Å². The zero-order valence-electron chi connectivity index (χ0n) is 12.4. The van der Waals surface area contributed by atoms with Gasteiger partial charge in [-0.1, -0.05) is 30.2 Å². The van der Waals surface area contributed by atoms with E-state index in [0.29, 0.717) is 29.4 Å². The lowest BCUT2D eigenvalue weighted by atomic mass is 10.00. The van der Waals surface area contributed by atoms with E-state index in [1.54, 1.807) is 0 Å². The smallest absolute Gasteiger partial charge is 0.249 e. The van der Waals surface area contributed by atoms with Crippen molar-refractivity contribution < 1.29 is 9.52 Å². The summed E-state index contributed by atoms with van der Waals surface area (Å²) in [5, 5.41) is 18.0. The van der Waals surface area contributed by atoms with Crippen LogP contribution in [0.25, 0.3) is 11.5 Å². The molecule has 1 fully saturated rings. The molecule has 1 aromatic carbocycles. The Morgan fingerprint density at radius 3 is 2.95 bits per heavy atom. The minimum Gasteiger partial charge on any atom is -0.419 e. The van der Waals surface area contributed by atoms with Gasteiger partial charge in [-0.15, -0.1) is 10.2 Å². The summed E-state index contributed by atoms with van der Waals surface area (Å²) in [7, 11) is 0. The van der Waals surface area contributed by atoms with E-state index >= 15 is 0 Å². The van der Waals surface area contributed by atoms with Crippen molar-refractivity contribution in [2.24, 2.45) is 0 Å². The van der Waals surface area contributed by atoms with Crippen LogP contribution in [0, 0.1) is 0 Å². The molecular weight excluding hydrogens is 302 g/mol. The van der Waals surface area contributed by atoms with Crippen molar-refractivity contribution >= 4 is 11.6 Å². The van der Waals surface area contributed by atoms with Crippen LogP contribution < -0.4 is 0 Å². The van der Waals surface area contributed by atoms with Gasteiger partial charge in [0.2, 0.25) is 11.8 Å². The number of rotatable bonds is 5. The molecule has 0 saturated carbocycles. The first kappa shape index (κ1) is 15.5. The lowest BCUT2D eigenvalue weighted by Gasteiger charge is -2.34. The molecule has 0 bridgehead atoms. The van der Waals surface area contributed by atoms with Crippen molar-refractivity contribution in [1.29, 1.82) is 0 Å². The molecule has 1 aromatic heterocycles. The van der Waals surface area contributed by atoms with Crippen molar-refractivity contribution in [1.82, 2.24) is 15.1 Å². The van der Waals surface area contributed by atoms with Crippen molar-refractivity contribution in [3.8, 4) is 11.5 Å².